The highest BCUT2D eigenvalue weighted by Gasteiger charge is 2.25. The van der Waals surface area contributed by atoms with Crippen molar-refractivity contribution in [2.24, 2.45) is 5.73 Å². The summed E-state index contributed by atoms with van der Waals surface area (Å²) in [5.41, 5.74) is 12.8. The van der Waals surface area contributed by atoms with Crippen LogP contribution in [0.1, 0.15) is 40.3 Å². The third-order valence-corrected chi connectivity index (χ3v) is 5.91. The van der Waals surface area contributed by atoms with Crippen LogP contribution in [-0.2, 0) is 17.6 Å². The third-order valence-electron chi connectivity index (χ3n) is 5.91. The summed E-state index contributed by atoms with van der Waals surface area (Å²) in [5.74, 6) is 0.0654. The summed E-state index contributed by atoms with van der Waals surface area (Å²) in [6.45, 7) is 2.72. The second-order valence-corrected chi connectivity index (χ2v) is 8.28. The normalized spacial score (nSPS) is 16.1. The SMILES string of the molecule is Cc1cc(O)ccc1C[C@H](N)C(=O)N[C@@H]1CCNc2ccc(Cc3ccccc3)cc21. The number of amides is 1. The summed E-state index contributed by atoms with van der Waals surface area (Å²) in [6.07, 6.45) is 2.11. The van der Waals surface area contributed by atoms with E-state index in [1.807, 2.05) is 19.1 Å². The van der Waals surface area contributed by atoms with Crippen molar-refractivity contribution in [1.29, 1.82) is 0 Å². The molecule has 5 nitrogen and oxygen atoms in total. The fourth-order valence-corrected chi connectivity index (χ4v) is 4.18. The first-order valence-electron chi connectivity index (χ1n) is 10.7. The molecular weight excluding hydrogens is 386 g/mol. The number of fused-ring (bicyclic) bond motifs is 1. The molecule has 0 saturated heterocycles. The van der Waals surface area contributed by atoms with Gasteiger partial charge in [0.1, 0.15) is 5.75 Å². The number of hydrogen-bond acceptors (Lipinski definition) is 4. The van der Waals surface area contributed by atoms with Gasteiger partial charge >= 0.3 is 0 Å². The summed E-state index contributed by atoms with van der Waals surface area (Å²) in [5, 5.41) is 16.2. The Hall–Kier alpha value is -3.31. The largest absolute Gasteiger partial charge is 0.508 e. The van der Waals surface area contributed by atoms with Crippen LogP contribution < -0.4 is 16.4 Å². The summed E-state index contributed by atoms with van der Waals surface area (Å²) >= 11 is 0. The van der Waals surface area contributed by atoms with Crippen LogP contribution >= 0.6 is 0 Å². The quantitative estimate of drug-likeness (QED) is 0.493. The van der Waals surface area contributed by atoms with Gasteiger partial charge < -0.3 is 21.5 Å². The first-order valence-corrected chi connectivity index (χ1v) is 10.7. The fraction of sp³-hybridized carbons (Fsp3) is 0.269. The van der Waals surface area contributed by atoms with Crippen molar-refractivity contribution < 1.29 is 9.90 Å². The lowest BCUT2D eigenvalue weighted by atomic mass is 9.93. The molecule has 4 rings (SSSR count). The average Bonchev–Trinajstić information content (AvgIpc) is 2.76. The van der Waals surface area contributed by atoms with E-state index in [0.717, 1.165) is 41.8 Å². The Balaban J connectivity index is 1.46. The van der Waals surface area contributed by atoms with Gasteiger partial charge in [-0.25, -0.2) is 0 Å². The molecule has 0 aliphatic carbocycles. The first-order chi connectivity index (χ1) is 15.0. The molecule has 0 fully saturated rings. The summed E-state index contributed by atoms with van der Waals surface area (Å²) in [6, 6.07) is 21.3. The number of phenols is 1. The minimum absolute atomic E-state index is 0.0635. The van der Waals surface area contributed by atoms with Crippen LogP contribution in [0.5, 0.6) is 5.75 Å². The van der Waals surface area contributed by atoms with Crippen molar-refractivity contribution in [3.63, 3.8) is 0 Å². The molecule has 31 heavy (non-hydrogen) atoms. The number of aryl methyl sites for hydroxylation is 1. The van der Waals surface area contributed by atoms with Gasteiger partial charge in [-0.15, -0.1) is 0 Å². The molecule has 2 atom stereocenters. The van der Waals surface area contributed by atoms with E-state index in [-0.39, 0.29) is 17.7 Å². The number of nitrogens with two attached hydrogens (primary N) is 1. The standard InChI is InChI=1S/C26H29N3O2/c1-17-13-21(30)9-8-20(17)16-23(27)26(31)29-25-11-12-28-24-10-7-19(15-22(24)25)14-18-5-3-2-4-6-18/h2-10,13,15,23,25,28,30H,11-12,14,16,27H2,1H3,(H,29,31)/t23-,25+/m0/s1. The number of hydrogen-bond donors (Lipinski definition) is 4. The summed E-state index contributed by atoms with van der Waals surface area (Å²) < 4.78 is 0. The van der Waals surface area contributed by atoms with Crippen molar-refractivity contribution in [2.75, 3.05) is 11.9 Å². The molecule has 5 heteroatoms. The lowest BCUT2D eigenvalue weighted by molar-refractivity contribution is -0.123. The van der Waals surface area contributed by atoms with Crippen LogP contribution in [0.3, 0.4) is 0 Å². The van der Waals surface area contributed by atoms with E-state index in [2.05, 4.69) is 53.1 Å². The molecule has 0 bridgehead atoms. The predicted molar refractivity (Wildman–Crippen MR) is 124 cm³/mol. The van der Waals surface area contributed by atoms with Gasteiger partial charge in [0.15, 0.2) is 0 Å². The number of aromatic hydroxyl groups is 1. The molecule has 0 unspecified atom stereocenters. The number of rotatable bonds is 6. The maximum atomic E-state index is 12.9. The molecule has 1 aliphatic rings. The van der Waals surface area contributed by atoms with Crippen molar-refractivity contribution in [1.82, 2.24) is 5.32 Å². The van der Waals surface area contributed by atoms with E-state index in [1.165, 1.54) is 11.1 Å². The number of nitrogens with one attached hydrogen (secondary N) is 2. The number of anilines is 1. The van der Waals surface area contributed by atoms with Crippen LogP contribution in [0, 0.1) is 6.92 Å². The van der Waals surface area contributed by atoms with Gasteiger partial charge in [0, 0.05) is 12.2 Å². The number of carbonyl (C=O) groups is 1. The highest BCUT2D eigenvalue weighted by molar-refractivity contribution is 5.82. The molecule has 0 saturated carbocycles. The summed E-state index contributed by atoms with van der Waals surface area (Å²) in [7, 11) is 0. The van der Waals surface area contributed by atoms with E-state index in [0.29, 0.717) is 6.42 Å². The van der Waals surface area contributed by atoms with Gasteiger partial charge in [0.2, 0.25) is 5.91 Å². The maximum absolute atomic E-state index is 12.9. The Labute approximate surface area is 183 Å². The van der Waals surface area contributed by atoms with Gasteiger partial charge in [-0.3, -0.25) is 4.79 Å². The Bertz CT molecular complexity index is 1070. The molecular formula is C26H29N3O2. The molecule has 0 aromatic heterocycles. The highest BCUT2D eigenvalue weighted by atomic mass is 16.3. The second kappa shape index (κ2) is 9.23. The predicted octanol–water partition coefficient (Wildman–Crippen LogP) is 3.83. The number of carbonyl (C=O) groups excluding carboxylic acids is 1. The van der Waals surface area contributed by atoms with E-state index < -0.39 is 6.04 Å². The van der Waals surface area contributed by atoms with Crippen molar-refractivity contribution in [2.45, 2.75) is 38.3 Å². The Kier molecular flexibility index (Phi) is 6.23. The molecule has 3 aromatic carbocycles. The van der Waals surface area contributed by atoms with Gasteiger partial charge in [-0.2, -0.15) is 0 Å². The van der Waals surface area contributed by atoms with Gasteiger partial charge in [0.05, 0.1) is 12.1 Å². The fourth-order valence-electron chi connectivity index (χ4n) is 4.18. The molecule has 1 aliphatic heterocycles. The Morgan fingerprint density at radius 1 is 1.13 bits per heavy atom. The lowest BCUT2D eigenvalue weighted by Crippen LogP contribution is -2.44. The zero-order valence-corrected chi connectivity index (χ0v) is 17.8. The van der Waals surface area contributed by atoms with E-state index in [1.54, 1.807) is 12.1 Å². The Morgan fingerprint density at radius 2 is 1.94 bits per heavy atom. The van der Waals surface area contributed by atoms with E-state index in [9.17, 15) is 9.90 Å². The zero-order chi connectivity index (χ0) is 21.8. The van der Waals surface area contributed by atoms with Crippen LogP contribution in [-0.4, -0.2) is 23.6 Å². The second-order valence-electron chi connectivity index (χ2n) is 8.28. The number of phenolic OH excluding ortho intramolecular Hbond substituents is 1. The minimum atomic E-state index is -0.644. The Morgan fingerprint density at radius 3 is 2.71 bits per heavy atom. The topological polar surface area (TPSA) is 87.4 Å². The molecule has 160 valence electrons. The molecule has 3 aromatic rings. The minimum Gasteiger partial charge on any atom is -0.508 e. The van der Waals surface area contributed by atoms with Crippen LogP contribution in [0.15, 0.2) is 66.7 Å². The van der Waals surface area contributed by atoms with Crippen LogP contribution in [0.4, 0.5) is 5.69 Å². The van der Waals surface area contributed by atoms with Gasteiger partial charge in [0.25, 0.3) is 0 Å². The van der Waals surface area contributed by atoms with Crippen molar-refractivity contribution in [3.8, 4) is 5.75 Å². The third kappa shape index (κ3) is 5.06. The van der Waals surface area contributed by atoms with Crippen molar-refractivity contribution >= 4 is 11.6 Å². The maximum Gasteiger partial charge on any atom is 0.237 e. The summed E-state index contributed by atoms with van der Waals surface area (Å²) in [4.78, 5) is 12.9. The van der Waals surface area contributed by atoms with Crippen molar-refractivity contribution in [3.05, 3.63) is 94.5 Å². The first kappa shape index (κ1) is 20.9. The monoisotopic (exact) mass is 415 g/mol. The number of benzene rings is 3. The van der Waals surface area contributed by atoms with Gasteiger partial charge in [-0.1, -0.05) is 48.5 Å². The molecule has 5 N–H and O–H groups in total. The zero-order valence-electron chi connectivity index (χ0n) is 17.8. The van der Waals surface area contributed by atoms with E-state index in [4.69, 9.17) is 5.73 Å². The lowest BCUT2D eigenvalue weighted by Gasteiger charge is -2.29. The van der Waals surface area contributed by atoms with Crippen LogP contribution in [0.25, 0.3) is 0 Å². The molecule has 1 amide bonds. The highest BCUT2D eigenvalue weighted by Crippen LogP contribution is 2.31. The van der Waals surface area contributed by atoms with E-state index >= 15 is 0 Å². The van der Waals surface area contributed by atoms with Gasteiger partial charge in [-0.05, 0) is 72.2 Å². The average molecular weight is 416 g/mol. The molecule has 0 radical (unpaired) electrons. The smallest absolute Gasteiger partial charge is 0.237 e. The molecule has 0 spiro atoms. The van der Waals surface area contributed by atoms with Crippen LogP contribution in [0.2, 0.25) is 0 Å². The molecule has 1 heterocycles.